The number of hydrogen-bond acceptors (Lipinski definition) is 4. The molecule has 0 fully saturated rings. The van der Waals surface area contributed by atoms with E-state index in [1.165, 1.54) is 0 Å². The van der Waals surface area contributed by atoms with Gasteiger partial charge in [-0.05, 0) is 30.5 Å². The van der Waals surface area contributed by atoms with Crippen LogP contribution in [0.15, 0.2) is 87.9 Å². The fourth-order valence-corrected chi connectivity index (χ4v) is 4.20. The van der Waals surface area contributed by atoms with Gasteiger partial charge in [0, 0.05) is 22.5 Å². The Hall–Kier alpha value is -3.44. The van der Waals surface area contributed by atoms with Crippen molar-refractivity contribution < 1.29 is 9.21 Å². The van der Waals surface area contributed by atoms with Crippen molar-refractivity contribution in [1.82, 2.24) is 4.90 Å². The van der Waals surface area contributed by atoms with Crippen molar-refractivity contribution in [2.45, 2.75) is 13.5 Å². The largest absolute Gasteiger partial charge is 0.455 e. The molecule has 30 heavy (non-hydrogen) atoms. The summed E-state index contributed by atoms with van der Waals surface area (Å²) < 4.78 is 6.20. The molecule has 5 heteroatoms. The van der Waals surface area contributed by atoms with Crippen molar-refractivity contribution in [3.63, 3.8) is 0 Å². The Bertz CT molecular complexity index is 1260. The lowest BCUT2D eigenvalue weighted by Gasteiger charge is -2.21. The van der Waals surface area contributed by atoms with Gasteiger partial charge in [-0.3, -0.25) is 9.59 Å². The highest BCUT2D eigenvalue weighted by atomic mass is 32.1. The molecule has 150 valence electrons. The number of amides is 1. The fraction of sp³-hybridized carbons (Fsp3) is 0.120. The lowest BCUT2D eigenvalue weighted by Crippen LogP contribution is -2.30. The molecule has 0 atom stereocenters. The van der Waals surface area contributed by atoms with Crippen molar-refractivity contribution in [3.8, 4) is 11.3 Å². The third kappa shape index (κ3) is 3.72. The Morgan fingerprint density at radius 3 is 2.60 bits per heavy atom. The van der Waals surface area contributed by atoms with E-state index in [0.717, 1.165) is 10.4 Å². The van der Waals surface area contributed by atoms with E-state index in [-0.39, 0.29) is 11.3 Å². The molecule has 4 rings (SSSR count). The molecule has 0 unspecified atom stereocenters. The average molecular weight is 416 g/mol. The van der Waals surface area contributed by atoms with Crippen LogP contribution in [0.4, 0.5) is 0 Å². The van der Waals surface area contributed by atoms with Crippen LogP contribution < -0.4 is 5.43 Å². The minimum Gasteiger partial charge on any atom is -0.455 e. The number of fused-ring (bicyclic) bond motifs is 1. The molecule has 0 aliphatic rings. The number of carbonyl (C=O) groups is 1. The summed E-state index contributed by atoms with van der Waals surface area (Å²) in [5, 5.41) is 2.39. The summed E-state index contributed by atoms with van der Waals surface area (Å²) in [6, 6.07) is 18.6. The summed E-state index contributed by atoms with van der Waals surface area (Å²) in [6.45, 7) is 6.41. The minimum atomic E-state index is -0.195. The molecule has 2 aromatic heterocycles. The number of nitrogens with zero attached hydrogens (tertiary/aromatic N) is 1. The molecule has 0 aliphatic heterocycles. The topological polar surface area (TPSA) is 50.5 Å². The molecule has 0 saturated heterocycles. The minimum absolute atomic E-state index is 0.127. The molecule has 4 aromatic rings. The molecule has 0 saturated carbocycles. The molecule has 4 nitrogen and oxygen atoms in total. The van der Waals surface area contributed by atoms with Gasteiger partial charge in [-0.15, -0.1) is 17.9 Å². The zero-order valence-electron chi connectivity index (χ0n) is 16.6. The van der Waals surface area contributed by atoms with Crippen LogP contribution in [0.25, 0.3) is 22.3 Å². The molecule has 2 heterocycles. The van der Waals surface area contributed by atoms with E-state index >= 15 is 0 Å². The van der Waals surface area contributed by atoms with Gasteiger partial charge in [0.2, 0.25) is 0 Å². The second kappa shape index (κ2) is 8.51. The summed E-state index contributed by atoms with van der Waals surface area (Å²) in [5.41, 5.74) is 1.90. The van der Waals surface area contributed by atoms with Crippen molar-refractivity contribution >= 4 is 28.2 Å². The molecule has 2 aromatic carbocycles. The molecule has 1 amide bonds. The van der Waals surface area contributed by atoms with Crippen LogP contribution in [0.3, 0.4) is 0 Å². The smallest absolute Gasteiger partial charge is 0.258 e. The Labute approximate surface area is 178 Å². The SMILES string of the molecule is C=CCN(Cc1cccs1)C(=O)c1cccc2c(=O)c(C)c(-c3ccccc3)oc12. The third-order valence-corrected chi connectivity index (χ3v) is 5.84. The van der Waals surface area contributed by atoms with Crippen LogP contribution >= 0.6 is 11.3 Å². The predicted octanol–water partition coefficient (Wildman–Crippen LogP) is 5.66. The molecular formula is C25H21NO3S. The highest BCUT2D eigenvalue weighted by Gasteiger charge is 2.22. The lowest BCUT2D eigenvalue weighted by atomic mass is 10.0. The standard InChI is InChI=1S/C25H21NO3S/c1-3-14-26(16-19-11-8-15-30-19)25(28)21-13-7-12-20-22(27)17(2)23(29-24(20)21)18-9-5-4-6-10-18/h3-13,15H,1,14,16H2,2H3. The maximum atomic E-state index is 13.4. The highest BCUT2D eigenvalue weighted by molar-refractivity contribution is 7.09. The second-order valence-electron chi connectivity index (χ2n) is 6.99. The van der Waals surface area contributed by atoms with Crippen molar-refractivity contribution in [3.05, 3.63) is 105 Å². The first kappa shape index (κ1) is 19.9. The van der Waals surface area contributed by atoms with Gasteiger partial charge >= 0.3 is 0 Å². The van der Waals surface area contributed by atoms with Crippen molar-refractivity contribution in [1.29, 1.82) is 0 Å². The molecular weight excluding hydrogens is 394 g/mol. The molecule has 0 spiro atoms. The highest BCUT2D eigenvalue weighted by Crippen LogP contribution is 2.28. The first-order valence-electron chi connectivity index (χ1n) is 9.64. The van der Waals surface area contributed by atoms with Gasteiger partial charge in [0.1, 0.15) is 5.76 Å². The fourth-order valence-electron chi connectivity index (χ4n) is 3.48. The summed E-state index contributed by atoms with van der Waals surface area (Å²) in [4.78, 5) is 29.3. The van der Waals surface area contributed by atoms with E-state index in [1.54, 1.807) is 47.4 Å². The van der Waals surface area contributed by atoms with Crippen LogP contribution in [0.2, 0.25) is 0 Å². The quantitative estimate of drug-likeness (QED) is 0.382. The van der Waals surface area contributed by atoms with Gasteiger partial charge < -0.3 is 9.32 Å². The Morgan fingerprint density at radius 2 is 1.90 bits per heavy atom. The predicted molar refractivity (Wildman–Crippen MR) is 122 cm³/mol. The molecule has 0 radical (unpaired) electrons. The Balaban J connectivity index is 1.86. The van der Waals surface area contributed by atoms with Crippen LogP contribution in [0.1, 0.15) is 20.8 Å². The zero-order valence-corrected chi connectivity index (χ0v) is 17.4. The molecule has 0 aliphatic carbocycles. The van der Waals surface area contributed by atoms with Crippen LogP contribution in [-0.4, -0.2) is 17.4 Å². The average Bonchev–Trinajstić information content (AvgIpc) is 3.29. The molecule has 0 bridgehead atoms. The van der Waals surface area contributed by atoms with Gasteiger partial charge in [-0.25, -0.2) is 0 Å². The number of benzene rings is 2. The van der Waals surface area contributed by atoms with Gasteiger partial charge in [-0.1, -0.05) is 48.5 Å². The Morgan fingerprint density at radius 1 is 1.10 bits per heavy atom. The van der Waals surface area contributed by atoms with Gasteiger partial charge in [-0.2, -0.15) is 0 Å². The van der Waals surface area contributed by atoms with E-state index < -0.39 is 0 Å². The maximum absolute atomic E-state index is 13.4. The van der Waals surface area contributed by atoms with Gasteiger partial charge in [0.25, 0.3) is 5.91 Å². The summed E-state index contributed by atoms with van der Waals surface area (Å²) in [7, 11) is 0. The number of hydrogen-bond donors (Lipinski definition) is 0. The normalized spacial score (nSPS) is 10.8. The molecule has 0 N–H and O–H groups in total. The maximum Gasteiger partial charge on any atom is 0.258 e. The lowest BCUT2D eigenvalue weighted by molar-refractivity contribution is 0.0765. The van der Waals surface area contributed by atoms with Gasteiger partial charge in [0.05, 0.1) is 17.5 Å². The second-order valence-corrected chi connectivity index (χ2v) is 8.02. The van der Waals surface area contributed by atoms with Gasteiger partial charge in [0.15, 0.2) is 11.0 Å². The Kier molecular flexibility index (Phi) is 5.63. The van der Waals surface area contributed by atoms with E-state index in [1.807, 2.05) is 47.8 Å². The van der Waals surface area contributed by atoms with E-state index in [0.29, 0.717) is 40.9 Å². The summed E-state index contributed by atoms with van der Waals surface area (Å²) in [5.74, 6) is 0.293. The van der Waals surface area contributed by atoms with Crippen LogP contribution in [0.5, 0.6) is 0 Å². The monoisotopic (exact) mass is 415 g/mol. The van der Waals surface area contributed by atoms with Crippen molar-refractivity contribution in [2.75, 3.05) is 6.54 Å². The van der Waals surface area contributed by atoms with E-state index in [2.05, 4.69) is 6.58 Å². The number of carbonyl (C=O) groups excluding carboxylic acids is 1. The summed E-state index contributed by atoms with van der Waals surface area (Å²) >= 11 is 1.60. The van der Waals surface area contributed by atoms with E-state index in [4.69, 9.17) is 4.42 Å². The number of thiophene rings is 1. The first-order chi connectivity index (χ1) is 14.6. The van der Waals surface area contributed by atoms with Crippen LogP contribution in [-0.2, 0) is 6.54 Å². The summed E-state index contributed by atoms with van der Waals surface area (Å²) in [6.07, 6.45) is 1.70. The zero-order chi connectivity index (χ0) is 21.1. The third-order valence-electron chi connectivity index (χ3n) is 4.97. The van der Waals surface area contributed by atoms with Crippen molar-refractivity contribution in [2.24, 2.45) is 0 Å². The number of rotatable bonds is 6. The first-order valence-corrected chi connectivity index (χ1v) is 10.5. The van der Waals surface area contributed by atoms with E-state index in [9.17, 15) is 9.59 Å². The van der Waals surface area contributed by atoms with Crippen LogP contribution in [0, 0.1) is 6.92 Å². The number of para-hydroxylation sites is 1.